The fourth-order valence-electron chi connectivity index (χ4n) is 2.67. The van der Waals surface area contributed by atoms with Crippen molar-refractivity contribution >= 4 is 11.8 Å². The molecule has 6 heteroatoms. The summed E-state index contributed by atoms with van der Waals surface area (Å²) in [4.78, 5) is 24.7. The molecule has 126 valence electrons. The van der Waals surface area contributed by atoms with Gasteiger partial charge in [-0.2, -0.15) is 0 Å². The third-order valence-corrected chi connectivity index (χ3v) is 4.00. The molecule has 1 saturated heterocycles. The molecule has 23 heavy (non-hydrogen) atoms. The summed E-state index contributed by atoms with van der Waals surface area (Å²) in [5, 5.41) is 8.84. The first kappa shape index (κ1) is 17.4. The minimum atomic E-state index is -0.691. The molecule has 2 atom stereocenters. The number of amides is 2. The summed E-state index contributed by atoms with van der Waals surface area (Å²) in [6.45, 7) is 5.40. The van der Waals surface area contributed by atoms with Gasteiger partial charge in [0, 0.05) is 12.6 Å². The monoisotopic (exact) mass is 321 g/mol. The molecule has 2 unspecified atom stereocenters. The van der Waals surface area contributed by atoms with Gasteiger partial charge in [-0.1, -0.05) is 26.0 Å². The maximum absolute atomic E-state index is 13.7. The quantitative estimate of drug-likeness (QED) is 0.769. The fourth-order valence-corrected chi connectivity index (χ4v) is 2.67. The zero-order chi connectivity index (χ0) is 16.8. The molecular formula is C17H24FN3O2. The van der Waals surface area contributed by atoms with Crippen molar-refractivity contribution in [1.82, 2.24) is 16.0 Å². The summed E-state index contributed by atoms with van der Waals surface area (Å²) >= 11 is 0. The SMILES string of the molecule is CC(C)C(NC(=O)c1ccccc1F)C(=O)NC1CCCNC1. The maximum Gasteiger partial charge on any atom is 0.254 e. The third kappa shape index (κ3) is 4.76. The van der Waals surface area contributed by atoms with Gasteiger partial charge in [0.05, 0.1) is 5.56 Å². The minimum absolute atomic E-state index is 0.0507. The molecule has 3 N–H and O–H groups in total. The number of nitrogens with one attached hydrogen (secondary N) is 3. The molecule has 2 rings (SSSR count). The highest BCUT2D eigenvalue weighted by Gasteiger charge is 2.27. The average molecular weight is 321 g/mol. The van der Waals surface area contributed by atoms with E-state index < -0.39 is 17.8 Å². The van der Waals surface area contributed by atoms with E-state index in [1.807, 2.05) is 13.8 Å². The van der Waals surface area contributed by atoms with E-state index in [1.165, 1.54) is 18.2 Å². The van der Waals surface area contributed by atoms with Crippen LogP contribution in [0.3, 0.4) is 0 Å². The number of benzene rings is 1. The van der Waals surface area contributed by atoms with Crippen LogP contribution in [0.2, 0.25) is 0 Å². The zero-order valence-corrected chi connectivity index (χ0v) is 13.6. The first-order valence-electron chi connectivity index (χ1n) is 8.05. The van der Waals surface area contributed by atoms with E-state index in [0.717, 1.165) is 25.9 Å². The molecule has 0 aliphatic carbocycles. The molecule has 0 aromatic heterocycles. The average Bonchev–Trinajstić information content (AvgIpc) is 2.53. The highest BCUT2D eigenvalue weighted by atomic mass is 19.1. The van der Waals surface area contributed by atoms with Crippen molar-refractivity contribution in [3.8, 4) is 0 Å². The van der Waals surface area contributed by atoms with Crippen LogP contribution in [0.5, 0.6) is 0 Å². The van der Waals surface area contributed by atoms with Crippen LogP contribution in [0.4, 0.5) is 4.39 Å². The van der Waals surface area contributed by atoms with Gasteiger partial charge in [-0.25, -0.2) is 4.39 Å². The molecule has 0 bridgehead atoms. The predicted molar refractivity (Wildman–Crippen MR) is 86.5 cm³/mol. The van der Waals surface area contributed by atoms with Crippen LogP contribution in [0.15, 0.2) is 24.3 Å². The van der Waals surface area contributed by atoms with E-state index in [2.05, 4.69) is 16.0 Å². The largest absolute Gasteiger partial charge is 0.350 e. The van der Waals surface area contributed by atoms with Crippen molar-refractivity contribution in [2.24, 2.45) is 5.92 Å². The van der Waals surface area contributed by atoms with Crippen molar-refractivity contribution in [2.45, 2.75) is 38.8 Å². The van der Waals surface area contributed by atoms with E-state index in [-0.39, 0.29) is 23.4 Å². The summed E-state index contributed by atoms with van der Waals surface area (Å²) in [6.07, 6.45) is 1.93. The van der Waals surface area contributed by atoms with Crippen LogP contribution in [-0.2, 0) is 4.79 Å². The molecule has 1 aromatic carbocycles. The Morgan fingerprint density at radius 1 is 1.30 bits per heavy atom. The molecule has 1 aliphatic rings. The van der Waals surface area contributed by atoms with Gasteiger partial charge in [0.25, 0.3) is 5.91 Å². The van der Waals surface area contributed by atoms with Crippen LogP contribution in [0.25, 0.3) is 0 Å². The van der Waals surface area contributed by atoms with E-state index in [4.69, 9.17) is 0 Å². The van der Waals surface area contributed by atoms with Crippen molar-refractivity contribution in [3.05, 3.63) is 35.6 Å². The number of carbonyl (C=O) groups excluding carboxylic acids is 2. The van der Waals surface area contributed by atoms with Gasteiger partial charge in [0.2, 0.25) is 5.91 Å². The summed E-state index contributed by atoms with van der Waals surface area (Å²) in [6, 6.07) is 5.13. The van der Waals surface area contributed by atoms with Crippen molar-refractivity contribution in [2.75, 3.05) is 13.1 Å². The van der Waals surface area contributed by atoms with Gasteiger partial charge >= 0.3 is 0 Å². The lowest BCUT2D eigenvalue weighted by Crippen LogP contribution is -2.54. The van der Waals surface area contributed by atoms with E-state index in [1.54, 1.807) is 6.07 Å². The van der Waals surface area contributed by atoms with Gasteiger partial charge in [-0.3, -0.25) is 9.59 Å². The van der Waals surface area contributed by atoms with E-state index >= 15 is 0 Å². The number of hydrogen-bond donors (Lipinski definition) is 3. The van der Waals surface area contributed by atoms with Gasteiger partial charge in [-0.15, -0.1) is 0 Å². The van der Waals surface area contributed by atoms with Crippen LogP contribution in [-0.4, -0.2) is 37.0 Å². The molecule has 0 radical (unpaired) electrons. The summed E-state index contributed by atoms with van der Waals surface area (Å²) in [7, 11) is 0. The van der Waals surface area contributed by atoms with Gasteiger partial charge in [0.1, 0.15) is 11.9 Å². The molecule has 1 aromatic rings. The second-order valence-corrected chi connectivity index (χ2v) is 6.23. The molecule has 5 nitrogen and oxygen atoms in total. The third-order valence-electron chi connectivity index (χ3n) is 4.00. The number of halogens is 1. The Kier molecular flexibility index (Phi) is 6.10. The number of hydrogen-bond acceptors (Lipinski definition) is 3. The van der Waals surface area contributed by atoms with Crippen LogP contribution >= 0.6 is 0 Å². The van der Waals surface area contributed by atoms with Crippen LogP contribution in [0.1, 0.15) is 37.0 Å². The van der Waals surface area contributed by atoms with E-state index in [0.29, 0.717) is 0 Å². The Hall–Kier alpha value is -1.95. The minimum Gasteiger partial charge on any atom is -0.350 e. The molecular weight excluding hydrogens is 297 g/mol. The molecule has 0 saturated carbocycles. The Morgan fingerprint density at radius 3 is 2.65 bits per heavy atom. The zero-order valence-electron chi connectivity index (χ0n) is 13.6. The fraction of sp³-hybridized carbons (Fsp3) is 0.529. The molecule has 1 aliphatic heterocycles. The molecule has 2 amide bonds. The highest BCUT2D eigenvalue weighted by molar-refractivity contribution is 5.97. The predicted octanol–water partition coefficient (Wildman–Crippen LogP) is 1.45. The lowest BCUT2D eigenvalue weighted by molar-refractivity contribution is -0.124. The van der Waals surface area contributed by atoms with Gasteiger partial charge in [0.15, 0.2) is 0 Å². The highest BCUT2D eigenvalue weighted by Crippen LogP contribution is 2.10. The Bertz CT molecular complexity index is 557. The second-order valence-electron chi connectivity index (χ2n) is 6.23. The van der Waals surface area contributed by atoms with Gasteiger partial charge in [-0.05, 0) is 37.4 Å². The maximum atomic E-state index is 13.7. The lowest BCUT2D eigenvalue weighted by Gasteiger charge is -2.28. The Labute approximate surface area is 136 Å². The Morgan fingerprint density at radius 2 is 2.04 bits per heavy atom. The lowest BCUT2D eigenvalue weighted by atomic mass is 10.0. The van der Waals surface area contributed by atoms with Crippen molar-refractivity contribution < 1.29 is 14.0 Å². The first-order chi connectivity index (χ1) is 11.0. The van der Waals surface area contributed by atoms with Crippen LogP contribution < -0.4 is 16.0 Å². The summed E-state index contributed by atoms with van der Waals surface area (Å²) < 4.78 is 13.7. The number of carbonyl (C=O) groups is 2. The van der Waals surface area contributed by atoms with E-state index in [9.17, 15) is 14.0 Å². The number of rotatable bonds is 5. The molecule has 1 fully saturated rings. The topological polar surface area (TPSA) is 70.2 Å². The summed E-state index contributed by atoms with van der Waals surface area (Å²) in [5.74, 6) is -1.48. The van der Waals surface area contributed by atoms with Crippen molar-refractivity contribution in [1.29, 1.82) is 0 Å². The normalized spacial score (nSPS) is 19.2. The molecule has 1 heterocycles. The molecule has 0 spiro atoms. The smallest absolute Gasteiger partial charge is 0.254 e. The van der Waals surface area contributed by atoms with Crippen LogP contribution in [0, 0.1) is 11.7 Å². The van der Waals surface area contributed by atoms with Crippen molar-refractivity contribution in [3.63, 3.8) is 0 Å². The van der Waals surface area contributed by atoms with Gasteiger partial charge < -0.3 is 16.0 Å². The second kappa shape index (κ2) is 8.06. The summed E-state index contributed by atoms with van der Waals surface area (Å²) in [5.41, 5.74) is -0.0507. The Balaban J connectivity index is 2.01. The standard InChI is InChI=1S/C17H24FN3O2/c1-11(2)15(17(23)20-12-6-5-9-19-10-12)21-16(22)13-7-3-4-8-14(13)18/h3-4,7-8,11-12,15,19H,5-6,9-10H2,1-2H3,(H,20,23)(H,21,22). The first-order valence-corrected chi connectivity index (χ1v) is 8.05. The number of piperidine rings is 1.